The van der Waals surface area contributed by atoms with Gasteiger partial charge in [0.25, 0.3) is 5.91 Å². The van der Waals surface area contributed by atoms with Crippen LogP contribution in [-0.4, -0.2) is 33.6 Å². The fraction of sp³-hybridized carbons (Fsp3) is 0.533. The van der Waals surface area contributed by atoms with Crippen LogP contribution in [0.15, 0.2) is 18.2 Å². The zero-order chi connectivity index (χ0) is 13.4. The number of nitrogens with zero attached hydrogens (tertiary/aromatic N) is 1. The van der Waals surface area contributed by atoms with E-state index in [0.717, 1.165) is 19.4 Å². The molecule has 1 aromatic carbocycles. The molecule has 1 heterocycles. The summed E-state index contributed by atoms with van der Waals surface area (Å²) < 4.78 is 0. The number of phenols is 2. The minimum atomic E-state index is -0.229. The SMILES string of the molecule is O=C(c1c(O)cccc1O)N1CCCC2CCCC21. The van der Waals surface area contributed by atoms with Gasteiger partial charge in [-0.2, -0.15) is 0 Å². The number of rotatable bonds is 1. The molecule has 1 amide bonds. The average Bonchev–Trinajstić information content (AvgIpc) is 2.86. The van der Waals surface area contributed by atoms with Crippen LogP contribution in [0.25, 0.3) is 0 Å². The van der Waals surface area contributed by atoms with Crippen molar-refractivity contribution >= 4 is 5.91 Å². The summed E-state index contributed by atoms with van der Waals surface area (Å²) in [4.78, 5) is 14.4. The largest absolute Gasteiger partial charge is 0.507 e. The van der Waals surface area contributed by atoms with Gasteiger partial charge in [0, 0.05) is 12.6 Å². The van der Waals surface area contributed by atoms with E-state index < -0.39 is 0 Å². The highest BCUT2D eigenvalue weighted by Crippen LogP contribution is 2.39. The Morgan fingerprint density at radius 1 is 1.11 bits per heavy atom. The van der Waals surface area contributed by atoms with E-state index in [9.17, 15) is 15.0 Å². The number of benzene rings is 1. The number of aromatic hydroxyl groups is 2. The van der Waals surface area contributed by atoms with Crippen molar-refractivity contribution in [2.75, 3.05) is 6.54 Å². The first kappa shape index (κ1) is 12.3. The molecule has 2 unspecified atom stereocenters. The minimum absolute atomic E-state index is 0.0510. The van der Waals surface area contributed by atoms with Gasteiger partial charge < -0.3 is 15.1 Å². The quantitative estimate of drug-likeness (QED) is 0.816. The first-order valence-electron chi connectivity index (χ1n) is 7.00. The summed E-state index contributed by atoms with van der Waals surface area (Å²) in [5.74, 6) is 0.105. The molecule has 3 rings (SSSR count). The average molecular weight is 261 g/mol. The first-order chi connectivity index (χ1) is 9.18. The smallest absolute Gasteiger partial charge is 0.261 e. The maximum Gasteiger partial charge on any atom is 0.261 e. The monoisotopic (exact) mass is 261 g/mol. The first-order valence-corrected chi connectivity index (χ1v) is 7.00. The third kappa shape index (κ3) is 2.05. The number of piperidine rings is 1. The van der Waals surface area contributed by atoms with Gasteiger partial charge in [0.2, 0.25) is 0 Å². The van der Waals surface area contributed by atoms with Gasteiger partial charge in [-0.25, -0.2) is 0 Å². The molecule has 4 nitrogen and oxygen atoms in total. The maximum atomic E-state index is 12.6. The van der Waals surface area contributed by atoms with Gasteiger partial charge in [-0.05, 0) is 43.7 Å². The van der Waals surface area contributed by atoms with Gasteiger partial charge >= 0.3 is 0 Å². The highest BCUT2D eigenvalue weighted by atomic mass is 16.3. The highest BCUT2D eigenvalue weighted by Gasteiger charge is 2.38. The van der Waals surface area contributed by atoms with E-state index in [1.54, 1.807) is 0 Å². The van der Waals surface area contributed by atoms with Crippen LogP contribution >= 0.6 is 0 Å². The highest BCUT2D eigenvalue weighted by molar-refractivity contribution is 5.99. The van der Waals surface area contributed by atoms with E-state index in [4.69, 9.17) is 0 Å². The molecule has 1 aromatic rings. The van der Waals surface area contributed by atoms with Crippen LogP contribution in [0.5, 0.6) is 11.5 Å². The zero-order valence-electron chi connectivity index (χ0n) is 10.9. The predicted octanol–water partition coefficient (Wildman–Crippen LogP) is 2.50. The van der Waals surface area contributed by atoms with E-state index in [0.29, 0.717) is 12.0 Å². The van der Waals surface area contributed by atoms with Crippen LogP contribution in [0.2, 0.25) is 0 Å². The molecule has 0 bridgehead atoms. The summed E-state index contributed by atoms with van der Waals surface area (Å²) in [6.45, 7) is 0.730. The molecular weight excluding hydrogens is 242 g/mol. The van der Waals surface area contributed by atoms with E-state index >= 15 is 0 Å². The predicted molar refractivity (Wildman–Crippen MR) is 71.2 cm³/mol. The summed E-state index contributed by atoms with van der Waals surface area (Å²) in [5.41, 5.74) is 0.0510. The van der Waals surface area contributed by atoms with Crippen LogP contribution in [0, 0.1) is 5.92 Å². The molecule has 2 atom stereocenters. The maximum absolute atomic E-state index is 12.6. The number of fused-ring (bicyclic) bond motifs is 1. The molecule has 2 fully saturated rings. The molecule has 1 saturated carbocycles. The number of carbonyl (C=O) groups is 1. The molecule has 0 radical (unpaired) electrons. The van der Waals surface area contributed by atoms with Crippen molar-refractivity contribution in [3.05, 3.63) is 23.8 Å². The normalized spacial score (nSPS) is 26.2. The molecule has 1 aliphatic carbocycles. The number of carbonyl (C=O) groups excluding carboxylic acids is 1. The minimum Gasteiger partial charge on any atom is -0.507 e. The number of amides is 1. The summed E-state index contributed by atoms with van der Waals surface area (Å²) >= 11 is 0. The Bertz CT molecular complexity index is 480. The Balaban J connectivity index is 1.91. The third-order valence-corrected chi connectivity index (χ3v) is 4.49. The lowest BCUT2D eigenvalue weighted by atomic mass is 9.91. The Morgan fingerprint density at radius 3 is 2.53 bits per heavy atom. The van der Waals surface area contributed by atoms with Crippen molar-refractivity contribution in [3.8, 4) is 11.5 Å². The van der Waals surface area contributed by atoms with Gasteiger partial charge in [0.15, 0.2) is 0 Å². The van der Waals surface area contributed by atoms with Crippen LogP contribution in [0.3, 0.4) is 0 Å². The van der Waals surface area contributed by atoms with Crippen molar-refractivity contribution in [3.63, 3.8) is 0 Å². The lowest BCUT2D eigenvalue weighted by Gasteiger charge is -2.38. The Morgan fingerprint density at radius 2 is 1.79 bits per heavy atom. The lowest BCUT2D eigenvalue weighted by molar-refractivity contribution is 0.0542. The number of hydrogen-bond donors (Lipinski definition) is 2. The number of likely N-dealkylation sites (tertiary alicyclic amines) is 1. The molecule has 2 aliphatic rings. The second kappa shape index (κ2) is 4.76. The Hall–Kier alpha value is -1.71. The van der Waals surface area contributed by atoms with E-state index in [-0.39, 0.29) is 23.0 Å². The topological polar surface area (TPSA) is 60.8 Å². The van der Waals surface area contributed by atoms with Gasteiger partial charge in [-0.15, -0.1) is 0 Å². The summed E-state index contributed by atoms with van der Waals surface area (Å²) in [6.07, 6.45) is 5.63. The molecule has 1 saturated heterocycles. The van der Waals surface area contributed by atoms with Crippen molar-refractivity contribution in [1.82, 2.24) is 4.90 Å². The molecule has 2 N–H and O–H groups in total. The molecule has 0 aromatic heterocycles. The summed E-state index contributed by atoms with van der Waals surface area (Å²) in [7, 11) is 0. The van der Waals surface area contributed by atoms with E-state index in [1.807, 2.05) is 4.90 Å². The molecule has 102 valence electrons. The van der Waals surface area contributed by atoms with Gasteiger partial charge in [0.1, 0.15) is 17.1 Å². The fourth-order valence-electron chi connectivity index (χ4n) is 3.60. The zero-order valence-corrected chi connectivity index (χ0v) is 10.9. The van der Waals surface area contributed by atoms with Crippen LogP contribution in [0.4, 0.5) is 0 Å². The second-order valence-electron chi connectivity index (χ2n) is 5.57. The molecule has 19 heavy (non-hydrogen) atoms. The Labute approximate surface area is 112 Å². The third-order valence-electron chi connectivity index (χ3n) is 4.49. The molecule has 1 aliphatic heterocycles. The van der Waals surface area contributed by atoms with E-state index in [1.165, 1.54) is 37.5 Å². The second-order valence-corrected chi connectivity index (χ2v) is 5.57. The molecular formula is C15H19NO3. The molecule has 0 spiro atoms. The fourth-order valence-corrected chi connectivity index (χ4v) is 3.60. The van der Waals surface area contributed by atoms with Gasteiger partial charge in [-0.1, -0.05) is 12.5 Å². The standard InChI is InChI=1S/C15H19NO3/c17-12-7-2-8-13(18)14(12)15(19)16-9-3-5-10-4-1-6-11(10)16/h2,7-8,10-11,17-18H,1,3-6,9H2. The van der Waals surface area contributed by atoms with Gasteiger partial charge in [-0.3, -0.25) is 4.79 Å². The van der Waals surface area contributed by atoms with Gasteiger partial charge in [0.05, 0.1) is 0 Å². The van der Waals surface area contributed by atoms with Crippen LogP contribution in [-0.2, 0) is 0 Å². The number of phenolic OH excluding ortho intramolecular Hbond substituents is 2. The van der Waals surface area contributed by atoms with E-state index in [2.05, 4.69) is 0 Å². The van der Waals surface area contributed by atoms with Crippen LogP contribution < -0.4 is 0 Å². The van der Waals surface area contributed by atoms with Crippen LogP contribution in [0.1, 0.15) is 42.5 Å². The number of hydrogen-bond acceptors (Lipinski definition) is 3. The van der Waals surface area contributed by atoms with Crippen molar-refractivity contribution in [2.24, 2.45) is 5.92 Å². The van der Waals surface area contributed by atoms with Crippen molar-refractivity contribution in [2.45, 2.75) is 38.1 Å². The molecule has 4 heteroatoms. The summed E-state index contributed by atoms with van der Waals surface area (Å²) in [6, 6.07) is 4.72. The van der Waals surface area contributed by atoms with Crippen molar-refractivity contribution < 1.29 is 15.0 Å². The van der Waals surface area contributed by atoms with Crippen molar-refractivity contribution in [1.29, 1.82) is 0 Å². The summed E-state index contributed by atoms with van der Waals surface area (Å²) in [5, 5.41) is 19.7. The lowest BCUT2D eigenvalue weighted by Crippen LogP contribution is -2.46. The Kier molecular flexibility index (Phi) is 3.09.